The van der Waals surface area contributed by atoms with Crippen molar-refractivity contribution in [1.29, 1.82) is 0 Å². The van der Waals surface area contributed by atoms with Crippen LogP contribution in [0.2, 0.25) is 0 Å². The van der Waals surface area contributed by atoms with Gasteiger partial charge in [0.15, 0.2) is 0 Å². The summed E-state index contributed by atoms with van der Waals surface area (Å²) < 4.78 is 26.4. The lowest BCUT2D eigenvalue weighted by Gasteiger charge is -2.23. The van der Waals surface area contributed by atoms with E-state index in [1.54, 1.807) is 13.8 Å². The number of carbonyl (C=O) groups is 2. The average Bonchev–Trinajstić information content (AvgIpc) is 2.90. The standard InChI is InChI=1S/C12H19N3O5S/c1-4-15(5-2)11(16)8(3)14-21(19,20)9-6-10(12(17)18)13-7-9/h6-8,13-14H,4-5H2,1-3H3,(H,17,18). The van der Waals surface area contributed by atoms with E-state index >= 15 is 0 Å². The number of sulfonamides is 1. The second-order valence-corrected chi connectivity index (χ2v) is 6.12. The number of amides is 1. The Morgan fingerprint density at radius 2 is 1.95 bits per heavy atom. The van der Waals surface area contributed by atoms with Gasteiger partial charge in [-0.2, -0.15) is 4.72 Å². The molecule has 0 fully saturated rings. The first-order valence-electron chi connectivity index (χ1n) is 6.45. The highest BCUT2D eigenvalue weighted by molar-refractivity contribution is 7.89. The fourth-order valence-corrected chi connectivity index (χ4v) is 3.00. The van der Waals surface area contributed by atoms with Gasteiger partial charge in [-0.15, -0.1) is 0 Å². The predicted molar refractivity (Wildman–Crippen MR) is 75.5 cm³/mol. The van der Waals surface area contributed by atoms with Gasteiger partial charge in [-0.05, 0) is 26.8 Å². The molecule has 0 aromatic carbocycles. The minimum Gasteiger partial charge on any atom is -0.477 e. The van der Waals surface area contributed by atoms with Crippen LogP contribution < -0.4 is 4.72 Å². The number of aromatic carboxylic acids is 1. The molecule has 0 aliphatic carbocycles. The summed E-state index contributed by atoms with van der Waals surface area (Å²) in [6.45, 7) is 6.01. The normalized spacial score (nSPS) is 12.9. The molecule has 0 aliphatic rings. The van der Waals surface area contributed by atoms with Crippen molar-refractivity contribution in [2.45, 2.75) is 31.7 Å². The van der Waals surface area contributed by atoms with Crippen LogP contribution in [0.3, 0.4) is 0 Å². The molecule has 1 amide bonds. The summed E-state index contributed by atoms with van der Waals surface area (Å²) in [7, 11) is -3.96. The van der Waals surface area contributed by atoms with Crippen LogP contribution in [0.1, 0.15) is 31.3 Å². The third-order valence-electron chi connectivity index (χ3n) is 2.97. The smallest absolute Gasteiger partial charge is 0.352 e. The Morgan fingerprint density at radius 3 is 2.38 bits per heavy atom. The average molecular weight is 317 g/mol. The first-order chi connectivity index (χ1) is 9.72. The van der Waals surface area contributed by atoms with E-state index in [0.29, 0.717) is 13.1 Å². The summed E-state index contributed by atoms with van der Waals surface area (Å²) in [5.74, 6) is -1.60. The van der Waals surface area contributed by atoms with Crippen molar-refractivity contribution in [2.24, 2.45) is 0 Å². The van der Waals surface area contributed by atoms with E-state index in [-0.39, 0.29) is 16.5 Å². The topological polar surface area (TPSA) is 120 Å². The Balaban J connectivity index is 2.89. The van der Waals surface area contributed by atoms with Crippen molar-refractivity contribution in [2.75, 3.05) is 13.1 Å². The molecule has 3 N–H and O–H groups in total. The number of nitrogens with one attached hydrogen (secondary N) is 2. The van der Waals surface area contributed by atoms with Gasteiger partial charge in [-0.1, -0.05) is 0 Å². The van der Waals surface area contributed by atoms with Crippen LogP contribution in [0.5, 0.6) is 0 Å². The van der Waals surface area contributed by atoms with Gasteiger partial charge in [-0.3, -0.25) is 4.79 Å². The second-order valence-electron chi connectivity index (χ2n) is 4.41. The molecular weight excluding hydrogens is 298 g/mol. The molecule has 0 saturated heterocycles. The van der Waals surface area contributed by atoms with E-state index in [9.17, 15) is 18.0 Å². The van der Waals surface area contributed by atoms with Crippen LogP contribution in [-0.2, 0) is 14.8 Å². The Labute approximate surface area is 123 Å². The predicted octanol–water partition coefficient (Wildman–Crippen LogP) is 0.248. The lowest BCUT2D eigenvalue weighted by Crippen LogP contribution is -2.46. The van der Waals surface area contributed by atoms with Gasteiger partial charge in [0.05, 0.1) is 6.04 Å². The zero-order chi connectivity index (χ0) is 16.2. The molecular formula is C12H19N3O5S. The van der Waals surface area contributed by atoms with E-state index < -0.39 is 22.0 Å². The number of carboxylic acids is 1. The van der Waals surface area contributed by atoms with Gasteiger partial charge in [0.1, 0.15) is 10.6 Å². The molecule has 21 heavy (non-hydrogen) atoms. The third kappa shape index (κ3) is 4.05. The number of hydrogen-bond donors (Lipinski definition) is 3. The van der Waals surface area contributed by atoms with Gasteiger partial charge in [-0.25, -0.2) is 13.2 Å². The van der Waals surface area contributed by atoms with Crippen LogP contribution in [0.15, 0.2) is 17.2 Å². The SMILES string of the molecule is CCN(CC)C(=O)C(C)NS(=O)(=O)c1c[nH]c(C(=O)O)c1. The van der Waals surface area contributed by atoms with Crippen LogP contribution in [0, 0.1) is 0 Å². The number of carbonyl (C=O) groups excluding carboxylic acids is 1. The monoisotopic (exact) mass is 317 g/mol. The van der Waals surface area contributed by atoms with Gasteiger partial charge in [0.2, 0.25) is 15.9 Å². The molecule has 0 bridgehead atoms. The number of nitrogens with zero attached hydrogens (tertiary/aromatic N) is 1. The quantitative estimate of drug-likeness (QED) is 0.666. The van der Waals surface area contributed by atoms with E-state index in [4.69, 9.17) is 5.11 Å². The molecule has 9 heteroatoms. The summed E-state index contributed by atoms with van der Waals surface area (Å²) in [4.78, 5) is 26.4. The van der Waals surface area contributed by atoms with Gasteiger partial charge in [0.25, 0.3) is 0 Å². The molecule has 1 aromatic rings. The van der Waals surface area contributed by atoms with Crippen molar-refractivity contribution in [3.63, 3.8) is 0 Å². The van der Waals surface area contributed by atoms with Gasteiger partial charge < -0.3 is 15.0 Å². The lowest BCUT2D eigenvalue weighted by atomic mass is 10.3. The highest BCUT2D eigenvalue weighted by Crippen LogP contribution is 2.11. The van der Waals surface area contributed by atoms with E-state index in [2.05, 4.69) is 9.71 Å². The Bertz CT molecular complexity index is 619. The maximum Gasteiger partial charge on any atom is 0.352 e. The van der Waals surface area contributed by atoms with Crippen LogP contribution >= 0.6 is 0 Å². The summed E-state index contributed by atoms with van der Waals surface area (Å²) in [5.41, 5.74) is -0.238. The summed E-state index contributed by atoms with van der Waals surface area (Å²) >= 11 is 0. The Hall–Kier alpha value is -1.87. The molecule has 0 aliphatic heterocycles. The number of likely N-dealkylation sites (N-methyl/N-ethyl adjacent to an activating group) is 1. The fourth-order valence-electron chi connectivity index (χ4n) is 1.81. The van der Waals surface area contributed by atoms with Crippen molar-refractivity contribution < 1.29 is 23.1 Å². The van der Waals surface area contributed by atoms with Crippen molar-refractivity contribution in [1.82, 2.24) is 14.6 Å². The Kier molecular flexibility index (Phi) is 5.50. The molecule has 1 unspecified atom stereocenters. The summed E-state index contributed by atoms with van der Waals surface area (Å²) in [6.07, 6.45) is 1.07. The fraction of sp³-hybridized carbons (Fsp3) is 0.500. The first-order valence-corrected chi connectivity index (χ1v) is 7.94. The molecule has 1 rings (SSSR count). The third-order valence-corrected chi connectivity index (χ3v) is 4.49. The largest absolute Gasteiger partial charge is 0.477 e. The van der Waals surface area contributed by atoms with E-state index in [1.807, 2.05) is 0 Å². The van der Waals surface area contributed by atoms with E-state index in [1.165, 1.54) is 11.8 Å². The zero-order valence-electron chi connectivity index (χ0n) is 12.1. The van der Waals surface area contributed by atoms with Crippen LogP contribution in [0.4, 0.5) is 0 Å². The van der Waals surface area contributed by atoms with E-state index in [0.717, 1.165) is 12.3 Å². The molecule has 1 aromatic heterocycles. The first kappa shape index (κ1) is 17.2. The van der Waals surface area contributed by atoms with Crippen molar-refractivity contribution in [3.05, 3.63) is 18.0 Å². The van der Waals surface area contributed by atoms with Gasteiger partial charge in [0, 0.05) is 19.3 Å². The zero-order valence-corrected chi connectivity index (χ0v) is 12.9. The lowest BCUT2D eigenvalue weighted by molar-refractivity contribution is -0.132. The maximum atomic E-state index is 12.1. The maximum absolute atomic E-state index is 12.1. The molecule has 0 spiro atoms. The highest BCUT2D eigenvalue weighted by Gasteiger charge is 2.25. The van der Waals surface area contributed by atoms with Crippen LogP contribution in [-0.4, -0.2) is 54.4 Å². The van der Waals surface area contributed by atoms with Crippen molar-refractivity contribution >= 4 is 21.9 Å². The minimum atomic E-state index is -3.96. The molecule has 118 valence electrons. The Morgan fingerprint density at radius 1 is 1.38 bits per heavy atom. The van der Waals surface area contributed by atoms with Crippen LogP contribution in [0.25, 0.3) is 0 Å². The summed E-state index contributed by atoms with van der Waals surface area (Å²) in [6, 6.07) is 0.0669. The van der Waals surface area contributed by atoms with Crippen molar-refractivity contribution in [3.8, 4) is 0 Å². The number of carboxylic acid groups (broad SMARTS) is 1. The number of aromatic amines is 1. The number of aromatic nitrogens is 1. The number of hydrogen-bond acceptors (Lipinski definition) is 4. The second kappa shape index (κ2) is 6.72. The number of H-pyrrole nitrogens is 1. The number of rotatable bonds is 7. The summed E-state index contributed by atoms with van der Waals surface area (Å²) in [5, 5.41) is 8.76. The molecule has 0 radical (unpaired) electrons. The molecule has 8 nitrogen and oxygen atoms in total. The minimum absolute atomic E-state index is 0.223. The van der Waals surface area contributed by atoms with Gasteiger partial charge >= 0.3 is 5.97 Å². The molecule has 0 saturated carbocycles. The highest BCUT2D eigenvalue weighted by atomic mass is 32.2. The molecule has 1 heterocycles. The molecule has 1 atom stereocenters.